The average molecular weight is 377 g/mol. The van der Waals surface area contributed by atoms with E-state index in [-0.39, 0.29) is 19.4 Å². The van der Waals surface area contributed by atoms with Crippen LogP contribution in [0.1, 0.15) is 49.7 Å². The van der Waals surface area contributed by atoms with Crippen LogP contribution in [-0.4, -0.2) is 57.5 Å². The van der Waals surface area contributed by atoms with Crippen LogP contribution in [0.15, 0.2) is 6.20 Å². The van der Waals surface area contributed by atoms with E-state index in [9.17, 15) is 22.8 Å². The molecule has 0 aromatic carbocycles. The van der Waals surface area contributed by atoms with Crippen molar-refractivity contribution >= 4 is 11.9 Å². The summed E-state index contributed by atoms with van der Waals surface area (Å²) in [5.74, 6) is -2.02. The molecule has 2 heterocycles. The summed E-state index contributed by atoms with van der Waals surface area (Å²) in [4.78, 5) is 25.0. The summed E-state index contributed by atoms with van der Waals surface area (Å²) < 4.78 is 46.8. The van der Waals surface area contributed by atoms with Crippen molar-refractivity contribution in [2.24, 2.45) is 0 Å². The van der Waals surface area contributed by atoms with E-state index in [1.54, 1.807) is 20.8 Å². The second-order valence-corrected chi connectivity index (χ2v) is 7.29. The number of carbonyl (C=O) groups excluding carboxylic acids is 1. The lowest BCUT2D eigenvalue weighted by Gasteiger charge is -2.26. The number of carboxylic acids is 1. The molecule has 0 saturated carbocycles. The minimum absolute atomic E-state index is 0.0330. The van der Waals surface area contributed by atoms with Crippen LogP contribution in [0.3, 0.4) is 0 Å². The molecule has 2 rings (SSSR count). The van der Waals surface area contributed by atoms with Crippen LogP contribution in [-0.2, 0) is 21.2 Å². The van der Waals surface area contributed by atoms with E-state index in [0.29, 0.717) is 0 Å². The molecule has 1 aromatic heterocycles. The third-order valence-corrected chi connectivity index (χ3v) is 4.28. The van der Waals surface area contributed by atoms with Crippen LogP contribution in [0, 0.1) is 0 Å². The van der Waals surface area contributed by atoms with E-state index in [0.717, 1.165) is 15.8 Å². The van der Waals surface area contributed by atoms with Crippen molar-refractivity contribution in [1.29, 1.82) is 0 Å². The zero-order valence-electron chi connectivity index (χ0n) is 15.0. The molecule has 2 unspecified atom stereocenters. The third-order valence-electron chi connectivity index (χ3n) is 4.28. The summed E-state index contributed by atoms with van der Waals surface area (Å²) >= 11 is 0. The molecule has 2 atom stereocenters. The Morgan fingerprint density at radius 2 is 1.96 bits per heavy atom. The second kappa shape index (κ2) is 6.90. The van der Waals surface area contributed by atoms with Crippen molar-refractivity contribution in [1.82, 2.24) is 14.7 Å². The van der Waals surface area contributed by atoms with Gasteiger partial charge in [0.2, 0.25) is 0 Å². The molecule has 7 nitrogen and oxygen atoms in total. The van der Waals surface area contributed by atoms with Crippen molar-refractivity contribution in [3.8, 4) is 0 Å². The van der Waals surface area contributed by atoms with Gasteiger partial charge in [0.1, 0.15) is 0 Å². The predicted molar refractivity (Wildman–Crippen MR) is 84.7 cm³/mol. The van der Waals surface area contributed by atoms with Gasteiger partial charge in [0.25, 0.3) is 5.91 Å². The lowest BCUT2D eigenvalue weighted by molar-refractivity contribution is -0.146. The first-order valence-corrected chi connectivity index (χ1v) is 8.07. The Hall–Kier alpha value is -2.10. The van der Waals surface area contributed by atoms with Gasteiger partial charge in [-0.15, -0.1) is 0 Å². The van der Waals surface area contributed by atoms with Crippen LogP contribution in [0.25, 0.3) is 0 Å². The van der Waals surface area contributed by atoms with Crippen molar-refractivity contribution in [2.45, 2.75) is 57.5 Å². The molecule has 1 amide bonds. The highest BCUT2D eigenvalue weighted by molar-refractivity contribution is 5.96. The molecule has 1 aliphatic heterocycles. The van der Waals surface area contributed by atoms with Crippen molar-refractivity contribution < 1.29 is 32.6 Å². The molecule has 10 heteroatoms. The van der Waals surface area contributed by atoms with Gasteiger partial charge in [0, 0.05) is 19.7 Å². The number of rotatable bonds is 4. The molecule has 1 aromatic rings. The summed E-state index contributed by atoms with van der Waals surface area (Å²) in [7, 11) is 1.41. The van der Waals surface area contributed by atoms with Crippen LogP contribution < -0.4 is 0 Å². The lowest BCUT2D eigenvalue weighted by atomic mass is 10.1. The highest BCUT2D eigenvalue weighted by atomic mass is 19.4. The summed E-state index contributed by atoms with van der Waals surface area (Å²) in [6.07, 6.45) is -4.41. The molecule has 1 fully saturated rings. The molecule has 0 radical (unpaired) electrons. The minimum Gasteiger partial charge on any atom is -0.481 e. The standard InChI is InChI=1S/C16H22F3N3O4/c1-15(2,3)22-13(16(17,18)19)11(7-20-22)14(25)21-8-10(26-4)5-9(21)6-12(23)24/h7,9-10H,5-6,8H2,1-4H3,(H,23,24). The second-order valence-electron chi connectivity index (χ2n) is 7.29. The Bertz CT molecular complexity index is 694. The first kappa shape index (κ1) is 20.2. The fourth-order valence-electron chi connectivity index (χ4n) is 3.13. The predicted octanol–water partition coefficient (Wildman–Crippen LogP) is 2.36. The van der Waals surface area contributed by atoms with Crippen molar-refractivity contribution in [3.05, 3.63) is 17.5 Å². The van der Waals surface area contributed by atoms with Gasteiger partial charge in [-0.2, -0.15) is 18.3 Å². The number of amides is 1. The SMILES string of the molecule is COC1CC(CC(=O)O)N(C(=O)c2cnn(C(C)(C)C)c2C(F)(F)F)C1. The Morgan fingerprint density at radius 3 is 2.42 bits per heavy atom. The Labute approximate surface area is 148 Å². The molecule has 1 saturated heterocycles. The fraction of sp³-hybridized carbons (Fsp3) is 0.688. The molecule has 26 heavy (non-hydrogen) atoms. The van der Waals surface area contributed by atoms with Crippen LogP contribution in [0.2, 0.25) is 0 Å². The molecular formula is C16H22F3N3O4. The van der Waals surface area contributed by atoms with Crippen molar-refractivity contribution in [2.75, 3.05) is 13.7 Å². The number of aromatic nitrogens is 2. The number of aliphatic carboxylic acids is 1. The van der Waals surface area contributed by atoms with Gasteiger partial charge in [-0.3, -0.25) is 14.3 Å². The Kier molecular flexibility index (Phi) is 5.36. The number of carbonyl (C=O) groups is 2. The summed E-state index contributed by atoms with van der Waals surface area (Å²) in [6.45, 7) is 4.68. The maximum Gasteiger partial charge on any atom is 0.433 e. The van der Waals surface area contributed by atoms with Gasteiger partial charge in [-0.25, -0.2) is 0 Å². The first-order valence-electron chi connectivity index (χ1n) is 8.07. The summed E-state index contributed by atoms with van der Waals surface area (Å²) in [5, 5.41) is 12.8. The zero-order valence-corrected chi connectivity index (χ0v) is 15.0. The minimum atomic E-state index is -4.78. The number of likely N-dealkylation sites (tertiary alicyclic amines) is 1. The number of carboxylic acid groups (broad SMARTS) is 1. The Balaban J connectivity index is 2.45. The van der Waals surface area contributed by atoms with Gasteiger partial charge in [0.15, 0.2) is 5.69 Å². The molecule has 0 spiro atoms. The smallest absolute Gasteiger partial charge is 0.433 e. The summed E-state index contributed by atoms with van der Waals surface area (Å²) in [5.41, 5.74) is -2.70. The number of hydrogen-bond donors (Lipinski definition) is 1. The highest BCUT2D eigenvalue weighted by Crippen LogP contribution is 2.36. The largest absolute Gasteiger partial charge is 0.481 e. The molecular weight excluding hydrogens is 355 g/mol. The third kappa shape index (κ3) is 4.00. The van der Waals surface area contributed by atoms with Crippen LogP contribution in [0.5, 0.6) is 0 Å². The molecule has 0 aliphatic carbocycles. The van der Waals surface area contributed by atoms with E-state index < -0.39 is 47.0 Å². The number of hydrogen-bond acceptors (Lipinski definition) is 4. The van der Waals surface area contributed by atoms with Gasteiger partial charge in [-0.05, 0) is 27.2 Å². The fourth-order valence-corrected chi connectivity index (χ4v) is 3.13. The molecule has 1 N–H and O–H groups in total. The molecule has 0 bridgehead atoms. The number of ether oxygens (including phenoxy) is 1. The molecule has 1 aliphatic rings. The van der Waals surface area contributed by atoms with E-state index in [1.807, 2.05) is 0 Å². The monoisotopic (exact) mass is 377 g/mol. The maximum atomic E-state index is 13.6. The van der Waals surface area contributed by atoms with E-state index >= 15 is 0 Å². The van der Waals surface area contributed by atoms with Gasteiger partial charge in [-0.1, -0.05) is 0 Å². The maximum absolute atomic E-state index is 13.6. The number of methoxy groups -OCH3 is 1. The van der Waals surface area contributed by atoms with Gasteiger partial charge < -0.3 is 14.7 Å². The summed E-state index contributed by atoms with van der Waals surface area (Å²) in [6, 6.07) is -0.732. The van der Waals surface area contributed by atoms with E-state index in [1.165, 1.54) is 7.11 Å². The van der Waals surface area contributed by atoms with Crippen LogP contribution >= 0.6 is 0 Å². The highest BCUT2D eigenvalue weighted by Gasteiger charge is 2.45. The van der Waals surface area contributed by atoms with Crippen molar-refractivity contribution in [3.63, 3.8) is 0 Å². The average Bonchev–Trinajstić information content (AvgIpc) is 3.08. The number of nitrogens with zero attached hydrogens (tertiary/aromatic N) is 3. The van der Waals surface area contributed by atoms with E-state index in [4.69, 9.17) is 9.84 Å². The first-order chi connectivity index (χ1) is 11.9. The topological polar surface area (TPSA) is 84.7 Å². The van der Waals surface area contributed by atoms with Gasteiger partial charge in [0.05, 0.1) is 29.8 Å². The molecule has 146 valence electrons. The quantitative estimate of drug-likeness (QED) is 0.871. The normalized spacial score (nSPS) is 21.3. The zero-order chi connectivity index (χ0) is 19.9. The number of halogens is 3. The Morgan fingerprint density at radius 1 is 1.35 bits per heavy atom. The van der Waals surface area contributed by atoms with Crippen LogP contribution in [0.4, 0.5) is 13.2 Å². The number of alkyl halides is 3. The van der Waals surface area contributed by atoms with Gasteiger partial charge >= 0.3 is 12.1 Å². The van der Waals surface area contributed by atoms with E-state index in [2.05, 4.69) is 5.10 Å². The lowest BCUT2D eigenvalue weighted by Crippen LogP contribution is -2.38.